The largest absolute Gasteiger partial charge is 0.497 e. The molecule has 0 radical (unpaired) electrons. The summed E-state index contributed by atoms with van der Waals surface area (Å²) < 4.78 is 32.6. The number of piperidine rings is 1. The monoisotopic (exact) mass is 416 g/mol. The van der Waals surface area contributed by atoms with Crippen LogP contribution >= 0.6 is 0 Å². The minimum absolute atomic E-state index is 0.00527. The van der Waals surface area contributed by atoms with Crippen molar-refractivity contribution in [2.45, 2.75) is 43.7 Å². The van der Waals surface area contributed by atoms with Gasteiger partial charge >= 0.3 is 0 Å². The quantitative estimate of drug-likeness (QED) is 0.723. The van der Waals surface area contributed by atoms with Crippen molar-refractivity contribution in [3.8, 4) is 5.75 Å². The van der Waals surface area contributed by atoms with E-state index in [2.05, 4.69) is 0 Å². The summed E-state index contributed by atoms with van der Waals surface area (Å²) in [6.45, 7) is 2.95. The lowest BCUT2D eigenvalue weighted by atomic mass is 10.1. The molecule has 1 aliphatic rings. The molecular formula is C22H28N2O4S. The van der Waals surface area contributed by atoms with Crippen LogP contribution in [0.2, 0.25) is 0 Å². The van der Waals surface area contributed by atoms with Crippen LogP contribution in [0.25, 0.3) is 0 Å². The van der Waals surface area contributed by atoms with Gasteiger partial charge in [-0.05, 0) is 61.7 Å². The fourth-order valence-electron chi connectivity index (χ4n) is 3.63. The number of carbonyl (C=O) groups is 1. The predicted octanol–water partition coefficient (Wildman–Crippen LogP) is 3.53. The van der Waals surface area contributed by atoms with E-state index in [0.29, 0.717) is 18.7 Å². The van der Waals surface area contributed by atoms with Crippen molar-refractivity contribution in [2.75, 3.05) is 20.7 Å². The van der Waals surface area contributed by atoms with E-state index in [4.69, 9.17) is 4.74 Å². The van der Waals surface area contributed by atoms with Crippen LogP contribution in [-0.2, 0) is 16.6 Å². The fourth-order valence-corrected chi connectivity index (χ4v) is 5.33. The van der Waals surface area contributed by atoms with Crippen molar-refractivity contribution >= 4 is 15.9 Å². The SMILES string of the molecule is COc1ccc(CN(C)C(=O)c2ccc(S(=O)(=O)N3CCCCC3C)cc2)cc1. The summed E-state index contributed by atoms with van der Waals surface area (Å²) in [5.41, 5.74) is 1.45. The lowest BCUT2D eigenvalue weighted by Gasteiger charge is -2.32. The van der Waals surface area contributed by atoms with E-state index in [1.807, 2.05) is 31.2 Å². The maximum atomic E-state index is 12.9. The first-order valence-electron chi connectivity index (χ1n) is 9.83. The average Bonchev–Trinajstić information content (AvgIpc) is 2.74. The Hall–Kier alpha value is -2.38. The number of methoxy groups -OCH3 is 1. The van der Waals surface area contributed by atoms with Crippen LogP contribution in [-0.4, -0.2) is 50.3 Å². The van der Waals surface area contributed by atoms with Crippen molar-refractivity contribution in [1.29, 1.82) is 0 Å². The zero-order valence-electron chi connectivity index (χ0n) is 17.2. The molecule has 1 saturated heterocycles. The van der Waals surface area contributed by atoms with Gasteiger partial charge in [-0.15, -0.1) is 0 Å². The highest BCUT2D eigenvalue weighted by Gasteiger charge is 2.31. The highest BCUT2D eigenvalue weighted by Crippen LogP contribution is 2.25. The molecule has 0 aliphatic carbocycles. The van der Waals surface area contributed by atoms with Gasteiger partial charge in [0, 0.05) is 31.7 Å². The molecule has 0 bridgehead atoms. The molecule has 3 rings (SSSR count). The van der Waals surface area contributed by atoms with Gasteiger partial charge in [-0.25, -0.2) is 8.42 Å². The van der Waals surface area contributed by atoms with Gasteiger partial charge in [0.2, 0.25) is 10.0 Å². The highest BCUT2D eigenvalue weighted by molar-refractivity contribution is 7.89. The molecule has 1 fully saturated rings. The molecule has 0 spiro atoms. The molecule has 1 amide bonds. The van der Waals surface area contributed by atoms with Crippen LogP contribution in [0.15, 0.2) is 53.4 Å². The molecule has 2 aromatic rings. The second-order valence-corrected chi connectivity index (χ2v) is 9.38. The van der Waals surface area contributed by atoms with Crippen molar-refractivity contribution in [3.63, 3.8) is 0 Å². The van der Waals surface area contributed by atoms with Gasteiger partial charge in [-0.1, -0.05) is 18.6 Å². The molecule has 0 saturated carbocycles. The van der Waals surface area contributed by atoms with Crippen LogP contribution < -0.4 is 4.74 Å². The third-order valence-corrected chi connectivity index (χ3v) is 7.40. The van der Waals surface area contributed by atoms with E-state index < -0.39 is 10.0 Å². The highest BCUT2D eigenvalue weighted by atomic mass is 32.2. The van der Waals surface area contributed by atoms with Crippen LogP contribution in [0.3, 0.4) is 0 Å². The molecular weight excluding hydrogens is 388 g/mol. The Morgan fingerprint density at radius 1 is 1.10 bits per heavy atom. The Bertz CT molecular complexity index is 940. The van der Waals surface area contributed by atoms with E-state index in [-0.39, 0.29) is 16.8 Å². The maximum absolute atomic E-state index is 12.9. The Morgan fingerprint density at radius 3 is 2.34 bits per heavy atom. The normalized spacial score (nSPS) is 17.7. The maximum Gasteiger partial charge on any atom is 0.253 e. The molecule has 1 unspecified atom stereocenters. The Kier molecular flexibility index (Phi) is 6.59. The zero-order chi connectivity index (χ0) is 21.0. The topological polar surface area (TPSA) is 66.9 Å². The number of amides is 1. The van der Waals surface area contributed by atoms with Crippen LogP contribution in [0.4, 0.5) is 0 Å². The molecule has 2 aromatic carbocycles. The number of hydrogen-bond donors (Lipinski definition) is 0. The summed E-state index contributed by atoms with van der Waals surface area (Å²) in [6.07, 6.45) is 2.82. The van der Waals surface area contributed by atoms with Gasteiger partial charge in [-0.2, -0.15) is 4.31 Å². The molecule has 1 heterocycles. The molecule has 0 N–H and O–H groups in total. The number of hydrogen-bond acceptors (Lipinski definition) is 4. The van der Waals surface area contributed by atoms with Crippen molar-refractivity contribution in [1.82, 2.24) is 9.21 Å². The molecule has 1 atom stereocenters. The standard InChI is InChI=1S/C22H28N2O4S/c1-17-6-4-5-15-24(17)29(26,27)21-13-9-19(10-14-21)22(25)23(2)16-18-7-11-20(28-3)12-8-18/h7-14,17H,4-6,15-16H2,1-3H3. The first-order chi connectivity index (χ1) is 13.8. The number of nitrogens with zero attached hydrogens (tertiary/aromatic N) is 2. The van der Waals surface area contributed by atoms with E-state index in [1.54, 1.807) is 35.5 Å². The zero-order valence-corrected chi connectivity index (χ0v) is 18.0. The fraction of sp³-hybridized carbons (Fsp3) is 0.409. The van der Waals surface area contributed by atoms with Gasteiger partial charge < -0.3 is 9.64 Å². The van der Waals surface area contributed by atoms with Crippen LogP contribution in [0.1, 0.15) is 42.1 Å². The third-order valence-electron chi connectivity index (χ3n) is 5.38. The summed E-state index contributed by atoms with van der Waals surface area (Å²) in [5.74, 6) is 0.610. The summed E-state index contributed by atoms with van der Waals surface area (Å²) in [5, 5.41) is 0. The number of sulfonamides is 1. The predicted molar refractivity (Wildman–Crippen MR) is 112 cm³/mol. The van der Waals surface area contributed by atoms with Gasteiger partial charge in [0.1, 0.15) is 5.75 Å². The number of carbonyl (C=O) groups excluding carboxylic acids is 1. The van der Waals surface area contributed by atoms with Gasteiger partial charge in [0.05, 0.1) is 12.0 Å². The number of ether oxygens (including phenoxy) is 1. The second-order valence-electron chi connectivity index (χ2n) is 7.49. The molecule has 1 aliphatic heterocycles. The Balaban J connectivity index is 1.70. The smallest absolute Gasteiger partial charge is 0.253 e. The minimum atomic E-state index is -3.53. The van der Waals surface area contributed by atoms with E-state index >= 15 is 0 Å². The first-order valence-corrected chi connectivity index (χ1v) is 11.3. The molecule has 0 aromatic heterocycles. The van der Waals surface area contributed by atoms with Crippen LogP contribution in [0.5, 0.6) is 5.75 Å². The first kappa shape index (κ1) is 21.3. The molecule has 6 nitrogen and oxygen atoms in total. The second kappa shape index (κ2) is 8.97. The third kappa shape index (κ3) is 4.79. The molecule has 156 valence electrons. The summed E-state index contributed by atoms with van der Waals surface area (Å²) in [6, 6.07) is 13.8. The Morgan fingerprint density at radius 2 is 1.76 bits per heavy atom. The summed E-state index contributed by atoms with van der Waals surface area (Å²) in [4.78, 5) is 14.6. The molecule has 7 heteroatoms. The summed E-state index contributed by atoms with van der Waals surface area (Å²) in [7, 11) is -0.192. The van der Waals surface area contributed by atoms with Crippen molar-refractivity contribution in [3.05, 3.63) is 59.7 Å². The van der Waals surface area contributed by atoms with Crippen LogP contribution in [0, 0.1) is 0 Å². The average molecular weight is 417 g/mol. The Labute approximate surface area is 173 Å². The van der Waals surface area contributed by atoms with Crippen molar-refractivity contribution < 1.29 is 17.9 Å². The van der Waals surface area contributed by atoms with E-state index in [1.165, 1.54) is 12.1 Å². The lowest BCUT2D eigenvalue weighted by molar-refractivity contribution is 0.0785. The lowest BCUT2D eigenvalue weighted by Crippen LogP contribution is -2.41. The summed E-state index contributed by atoms with van der Waals surface area (Å²) >= 11 is 0. The number of rotatable bonds is 6. The number of benzene rings is 2. The molecule has 29 heavy (non-hydrogen) atoms. The van der Waals surface area contributed by atoms with E-state index in [0.717, 1.165) is 30.6 Å². The van der Waals surface area contributed by atoms with Gasteiger partial charge in [0.25, 0.3) is 5.91 Å². The minimum Gasteiger partial charge on any atom is -0.497 e. The van der Waals surface area contributed by atoms with Gasteiger partial charge in [0.15, 0.2) is 0 Å². The van der Waals surface area contributed by atoms with E-state index in [9.17, 15) is 13.2 Å². The van der Waals surface area contributed by atoms with Crippen molar-refractivity contribution in [2.24, 2.45) is 0 Å². The van der Waals surface area contributed by atoms with Gasteiger partial charge in [-0.3, -0.25) is 4.79 Å².